The van der Waals surface area contributed by atoms with Gasteiger partial charge in [0.05, 0.1) is 5.69 Å². The van der Waals surface area contributed by atoms with Crippen molar-refractivity contribution in [2.45, 2.75) is 32.7 Å². The first-order valence-electron chi connectivity index (χ1n) is 6.73. The van der Waals surface area contributed by atoms with E-state index in [1.165, 1.54) is 4.90 Å². The van der Waals surface area contributed by atoms with E-state index in [2.05, 4.69) is 10.3 Å². The number of rotatable bonds is 4. The molecule has 0 bridgehead atoms. The van der Waals surface area contributed by atoms with Crippen LogP contribution < -0.4 is 11.1 Å². The number of nitrogens with zero attached hydrogens (tertiary/aromatic N) is 2. The summed E-state index contributed by atoms with van der Waals surface area (Å²) in [6, 6.07) is 0.000978. The van der Waals surface area contributed by atoms with Gasteiger partial charge in [-0.05, 0) is 32.9 Å². The molecule has 0 unspecified atom stereocenters. The molecule has 1 saturated heterocycles. The zero-order valence-corrected chi connectivity index (χ0v) is 11.8. The lowest BCUT2D eigenvalue weighted by atomic mass is 10.0. The summed E-state index contributed by atoms with van der Waals surface area (Å²) in [4.78, 5) is 29.4. The van der Waals surface area contributed by atoms with E-state index in [0.29, 0.717) is 11.6 Å². The molecule has 0 saturated carbocycles. The maximum atomic E-state index is 12.6. The van der Waals surface area contributed by atoms with E-state index in [-0.39, 0.29) is 24.3 Å². The molecule has 0 spiro atoms. The maximum absolute atomic E-state index is 12.6. The Labute approximate surface area is 117 Å². The van der Waals surface area contributed by atoms with Gasteiger partial charge in [-0.3, -0.25) is 9.59 Å². The minimum atomic E-state index is -0.522. The molecule has 0 radical (unpaired) electrons. The third-order valence-corrected chi connectivity index (χ3v) is 3.43. The van der Waals surface area contributed by atoms with E-state index < -0.39 is 5.91 Å². The summed E-state index contributed by atoms with van der Waals surface area (Å²) in [5, 5.41) is 3.23. The molecule has 110 valence electrons. The highest BCUT2D eigenvalue weighted by atomic mass is 16.4. The maximum Gasteiger partial charge on any atom is 0.292 e. The second kappa shape index (κ2) is 6.04. The summed E-state index contributed by atoms with van der Waals surface area (Å²) in [5.41, 5.74) is 5.80. The monoisotopic (exact) mass is 280 g/mol. The van der Waals surface area contributed by atoms with Gasteiger partial charge in [0.25, 0.3) is 5.91 Å². The first-order chi connectivity index (χ1) is 9.49. The van der Waals surface area contributed by atoms with Crippen LogP contribution in [0.3, 0.4) is 0 Å². The molecule has 7 nitrogen and oxygen atoms in total. The Hall–Kier alpha value is -1.89. The van der Waals surface area contributed by atoms with E-state index in [1.54, 1.807) is 13.8 Å². The summed E-state index contributed by atoms with van der Waals surface area (Å²) in [7, 11) is 0. The highest BCUT2D eigenvalue weighted by Gasteiger charge is 2.30. The number of piperidine rings is 1. The number of nitrogens with two attached hydrogens (primary N) is 1. The van der Waals surface area contributed by atoms with Crippen LogP contribution in [0.5, 0.6) is 0 Å². The molecular weight excluding hydrogens is 260 g/mol. The van der Waals surface area contributed by atoms with Crippen molar-refractivity contribution in [1.82, 2.24) is 15.2 Å². The SMILES string of the molecule is Cc1nc(C)c(C(=O)N(CC(N)=O)C2CCNCC2)o1. The van der Waals surface area contributed by atoms with Gasteiger partial charge in [0.15, 0.2) is 5.89 Å². The second-order valence-corrected chi connectivity index (χ2v) is 5.03. The van der Waals surface area contributed by atoms with Gasteiger partial charge in [-0.2, -0.15) is 0 Å². The highest BCUT2D eigenvalue weighted by Crippen LogP contribution is 2.18. The molecule has 1 aromatic heterocycles. The van der Waals surface area contributed by atoms with Crippen molar-refractivity contribution >= 4 is 11.8 Å². The van der Waals surface area contributed by atoms with Crippen molar-refractivity contribution in [3.63, 3.8) is 0 Å². The van der Waals surface area contributed by atoms with Crippen LogP contribution in [0, 0.1) is 13.8 Å². The molecule has 20 heavy (non-hydrogen) atoms. The normalized spacial score (nSPS) is 16.1. The van der Waals surface area contributed by atoms with Crippen molar-refractivity contribution < 1.29 is 14.0 Å². The van der Waals surface area contributed by atoms with Crippen molar-refractivity contribution in [3.8, 4) is 0 Å². The Morgan fingerprint density at radius 3 is 2.55 bits per heavy atom. The topological polar surface area (TPSA) is 101 Å². The molecule has 2 heterocycles. The third-order valence-electron chi connectivity index (χ3n) is 3.43. The van der Waals surface area contributed by atoms with Gasteiger partial charge in [0.1, 0.15) is 6.54 Å². The summed E-state index contributed by atoms with van der Waals surface area (Å²) < 4.78 is 5.36. The van der Waals surface area contributed by atoms with Crippen LogP contribution >= 0.6 is 0 Å². The van der Waals surface area contributed by atoms with E-state index in [4.69, 9.17) is 10.2 Å². The van der Waals surface area contributed by atoms with Crippen molar-refractivity contribution in [1.29, 1.82) is 0 Å². The van der Waals surface area contributed by atoms with Crippen LogP contribution in [-0.4, -0.2) is 47.4 Å². The van der Waals surface area contributed by atoms with Crippen LogP contribution in [0.25, 0.3) is 0 Å². The number of amides is 2. The van der Waals surface area contributed by atoms with Gasteiger partial charge in [0, 0.05) is 13.0 Å². The van der Waals surface area contributed by atoms with Crippen LogP contribution in [0.1, 0.15) is 35.0 Å². The van der Waals surface area contributed by atoms with Crippen LogP contribution in [0.2, 0.25) is 0 Å². The fourth-order valence-electron chi connectivity index (χ4n) is 2.51. The predicted octanol–water partition coefficient (Wildman–Crippen LogP) is -0.0291. The van der Waals surface area contributed by atoms with Gasteiger partial charge in [-0.25, -0.2) is 4.98 Å². The number of nitrogens with one attached hydrogen (secondary N) is 1. The zero-order chi connectivity index (χ0) is 14.7. The average molecular weight is 280 g/mol. The molecule has 7 heteroatoms. The van der Waals surface area contributed by atoms with Crippen molar-refractivity contribution in [2.24, 2.45) is 5.73 Å². The quantitative estimate of drug-likeness (QED) is 0.806. The van der Waals surface area contributed by atoms with Crippen molar-refractivity contribution in [2.75, 3.05) is 19.6 Å². The summed E-state index contributed by atoms with van der Waals surface area (Å²) in [6.45, 7) is 4.95. The third kappa shape index (κ3) is 3.16. The highest BCUT2D eigenvalue weighted by molar-refractivity contribution is 5.95. The fourth-order valence-corrected chi connectivity index (χ4v) is 2.51. The molecule has 1 aromatic rings. The number of aromatic nitrogens is 1. The molecule has 1 fully saturated rings. The number of aryl methyl sites for hydroxylation is 2. The number of oxazole rings is 1. The Balaban J connectivity index is 2.23. The van der Waals surface area contributed by atoms with Crippen LogP contribution in [-0.2, 0) is 4.79 Å². The lowest BCUT2D eigenvalue weighted by molar-refractivity contribution is -0.119. The van der Waals surface area contributed by atoms with Gasteiger partial charge >= 0.3 is 0 Å². The van der Waals surface area contributed by atoms with Gasteiger partial charge < -0.3 is 20.4 Å². The zero-order valence-electron chi connectivity index (χ0n) is 11.8. The molecule has 2 rings (SSSR count). The van der Waals surface area contributed by atoms with E-state index >= 15 is 0 Å². The number of primary amides is 1. The van der Waals surface area contributed by atoms with E-state index in [9.17, 15) is 9.59 Å². The lowest BCUT2D eigenvalue weighted by Crippen LogP contribution is -2.49. The molecule has 0 aromatic carbocycles. The number of carbonyl (C=O) groups excluding carboxylic acids is 2. The lowest BCUT2D eigenvalue weighted by Gasteiger charge is -2.33. The van der Waals surface area contributed by atoms with Gasteiger partial charge in [-0.15, -0.1) is 0 Å². The number of hydrogen-bond donors (Lipinski definition) is 2. The molecule has 0 aliphatic carbocycles. The minimum absolute atomic E-state index is 0.000978. The number of carbonyl (C=O) groups is 2. The van der Waals surface area contributed by atoms with E-state index in [1.807, 2.05) is 0 Å². The molecule has 1 aliphatic heterocycles. The Morgan fingerprint density at radius 2 is 2.05 bits per heavy atom. The first-order valence-corrected chi connectivity index (χ1v) is 6.73. The average Bonchev–Trinajstić information content (AvgIpc) is 2.75. The summed E-state index contributed by atoms with van der Waals surface area (Å²) in [5.74, 6) is -0.197. The second-order valence-electron chi connectivity index (χ2n) is 5.03. The molecule has 1 aliphatic rings. The van der Waals surface area contributed by atoms with Crippen molar-refractivity contribution in [3.05, 3.63) is 17.3 Å². The summed E-state index contributed by atoms with van der Waals surface area (Å²) in [6.07, 6.45) is 1.59. The van der Waals surface area contributed by atoms with Crippen LogP contribution in [0.15, 0.2) is 4.42 Å². The Morgan fingerprint density at radius 1 is 1.40 bits per heavy atom. The molecule has 0 atom stereocenters. The minimum Gasteiger partial charge on any atom is -0.436 e. The Bertz CT molecular complexity index is 506. The molecule has 2 amide bonds. The first kappa shape index (κ1) is 14.5. The fraction of sp³-hybridized carbons (Fsp3) is 0.615. The smallest absolute Gasteiger partial charge is 0.292 e. The summed E-state index contributed by atoms with van der Waals surface area (Å²) >= 11 is 0. The largest absolute Gasteiger partial charge is 0.436 e. The van der Waals surface area contributed by atoms with Crippen LogP contribution in [0.4, 0.5) is 0 Å². The van der Waals surface area contributed by atoms with Gasteiger partial charge in [-0.1, -0.05) is 0 Å². The Kier molecular flexibility index (Phi) is 4.39. The number of hydrogen-bond acceptors (Lipinski definition) is 5. The van der Waals surface area contributed by atoms with Gasteiger partial charge in [0.2, 0.25) is 11.7 Å². The standard InChI is InChI=1S/C13H20N4O3/c1-8-12(20-9(2)16-8)13(19)17(7-11(14)18)10-3-5-15-6-4-10/h10,15H,3-7H2,1-2H3,(H2,14,18). The molecular formula is C13H20N4O3. The predicted molar refractivity (Wildman–Crippen MR) is 72.1 cm³/mol. The van der Waals surface area contributed by atoms with E-state index in [0.717, 1.165) is 25.9 Å². The molecule has 3 N–H and O–H groups in total.